The monoisotopic (exact) mass is 308 g/mol. The van der Waals surface area contributed by atoms with Crippen molar-refractivity contribution in [2.75, 3.05) is 6.54 Å². The molecule has 1 aliphatic rings. The lowest BCUT2D eigenvalue weighted by Gasteiger charge is -2.17. The molecule has 5 heteroatoms. The summed E-state index contributed by atoms with van der Waals surface area (Å²) in [6.45, 7) is 0.675. The highest BCUT2D eigenvalue weighted by Crippen LogP contribution is 2.25. The summed E-state index contributed by atoms with van der Waals surface area (Å²) in [7, 11) is 0. The Bertz CT molecular complexity index is 852. The Morgan fingerprint density at radius 3 is 2.77 bits per heavy atom. The Labute approximate surface area is 133 Å². The topological polar surface area (TPSA) is 43.1 Å². The molecule has 0 saturated heterocycles. The van der Waals surface area contributed by atoms with E-state index in [4.69, 9.17) is 16.6 Å². The van der Waals surface area contributed by atoms with Gasteiger partial charge in [-0.3, -0.25) is 9.56 Å². The second-order valence-electron chi connectivity index (χ2n) is 5.12. The van der Waals surface area contributed by atoms with Crippen molar-refractivity contribution >= 4 is 17.3 Å². The van der Waals surface area contributed by atoms with E-state index in [1.54, 1.807) is 6.33 Å². The summed E-state index contributed by atoms with van der Waals surface area (Å²) in [5, 5.41) is 8.92. The number of hydrogen-bond donors (Lipinski definition) is 0. The highest BCUT2D eigenvalue weighted by molar-refractivity contribution is 6.31. The minimum Gasteiger partial charge on any atom is -0.285 e. The maximum Gasteiger partial charge on any atom is 0.139 e. The average Bonchev–Trinajstić information content (AvgIpc) is 2.98. The molecule has 1 aromatic heterocycles. The zero-order valence-electron chi connectivity index (χ0n) is 11.8. The van der Waals surface area contributed by atoms with Crippen LogP contribution in [0.3, 0.4) is 0 Å². The van der Waals surface area contributed by atoms with E-state index in [0.29, 0.717) is 11.6 Å². The van der Waals surface area contributed by atoms with Crippen molar-refractivity contribution in [1.29, 1.82) is 0 Å². The second kappa shape index (κ2) is 5.39. The fourth-order valence-corrected chi connectivity index (χ4v) is 2.91. The minimum absolute atomic E-state index is 0.675. The van der Waals surface area contributed by atoms with Gasteiger partial charge in [0.15, 0.2) is 0 Å². The van der Waals surface area contributed by atoms with Gasteiger partial charge in [0.05, 0.1) is 11.4 Å². The van der Waals surface area contributed by atoms with Crippen LogP contribution in [-0.2, 0) is 6.42 Å². The highest BCUT2D eigenvalue weighted by atomic mass is 35.5. The van der Waals surface area contributed by atoms with Crippen molar-refractivity contribution in [3.05, 3.63) is 76.8 Å². The van der Waals surface area contributed by atoms with Crippen LogP contribution in [0.15, 0.2) is 59.9 Å². The maximum atomic E-state index is 6.23. The summed E-state index contributed by atoms with van der Waals surface area (Å²) < 4.78 is 2.02. The Balaban J connectivity index is 1.98. The van der Waals surface area contributed by atoms with Crippen LogP contribution in [-0.4, -0.2) is 27.0 Å². The van der Waals surface area contributed by atoms with Gasteiger partial charge in [0.25, 0.3) is 0 Å². The summed E-state index contributed by atoms with van der Waals surface area (Å²) in [5.41, 5.74) is 4.05. The third-order valence-electron chi connectivity index (χ3n) is 3.74. The predicted octanol–water partition coefficient (Wildman–Crippen LogP) is 3.31. The molecule has 4 nitrogen and oxygen atoms in total. The number of aliphatic imine (C=N–C) groups is 1. The molecule has 22 heavy (non-hydrogen) atoms. The number of fused-ring (bicyclic) bond motifs is 3. The van der Waals surface area contributed by atoms with Crippen molar-refractivity contribution in [3.63, 3.8) is 0 Å². The Morgan fingerprint density at radius 2 is 1.91 bits per heavy atom. The van der Waals surface area contributed by atoms with Gasteiger partial charge in [-0.05, 0) is 18.2 Å². The molecule has 2 aromatic carbocycles. The SMILES string of the molecule is Clc1ccc2c(c1)C(c1ccccc1)=NCCc1nncn1-2. The van der Waals surface area contributed by atoms with Gasteiger partial charge in [0, 0.05) is 29.1 Å². The number of nitrogens with zero attached hydrogens (tertiary/aromatic N) is 4. The molecular weight excluding hydrogens is 296 g/mol. The molecule has 3 aromatic rings. The first-order valence-corrected chi connectivity index (χ1v) is 7.50. The van der Waals surface area contributed by atoms with E-state index in [1.165, 1.54) is 0 Å². The fraction of sp³-hybridized carbons (Fsp3) is 0.118. The first-order chi connectivity index (χ1) is 10.8. The van der Waals surface area contributed by atoms with Crippen LogP contribution >= 0.6 is 11.6 Å². The molecule has 1 aliphatic heterocycles. The van der Waals surface area contributed by atoms with Crippen molar-refractivity contribution in [1.82, 2.24) is 14.8 Å². The summed E-state index contributed by atoms with van der Waals surface area (Å²) in [6.07, 6.45) is 2.51. The molecule has 0 saturated carbocycles. The van der Waals surface area contributed by atoms with Crippen LogP contribution in [0.5, 0.6) is 0 Å². The van der Waals surface area contributed by atoms with Crippen LogP contribution in [0, 0.1) is 0 Å². The quantitative estimate of drug-likeness (QED) is 0.692. The maximum absolute atomic E-state index is 6.23. The van der Waals surface area contributed by atoms with E-state index in [0.717, 1.165) is 34.8 Å². The third-order valence-corrected chi connectivity index (χ3v) is 3.98. The Kier molecular flexibility index (Phi) is 3.24. The number of aromatic nitrogens is 3. The largest absolute Gasteiger partial charge is 0.285 e. The summed E-state index contributed by atoms with van der Waals surface area (Å²) in [4.78, 5) is 4.79. The smallest absolute Gasteiger partial charge is 0.139 e. The molecule has 0 N–H and O–H groups in total. The summed E-state index contributed by atoms with van der Waals surface area (Å²) in [6, 6.07) is 16.0. The van der Waals surface area contributed by atoms with E-state index in [9.17, 15) is 0 Å². The van der Waals surface area contributed by atoms with E-state index in [-0.39, 0.29) is 0 Å². The van der Waals surface area contributed by atoms with Crippen molar-refractivity contribution in [3.8, 4) is 5.69 Å². The molecule has 0 spiro atoms. The van der Waals surface area contributed by atoms with Crippen LogP contribution < -0.4 is 0 Å². The van der Waals surface area contributed by atoms with Gasteiger partial charge in [-0.2, -0.15) is 0 Å². The molecule has 108 valence electrons. The molecule has 0 fully saturated rings. The van der Waals surface area contributed by atoms with Gasteiger partial charge < -0.3 is 0 Å². The van der Waals surface area contributed by atoms with Crippen LogP contribution in [0.25, 0.3) is 5.69 Å². The van der Waals surface area contributed by atoms with Gasteiger partial charge in [-0.1, -0.05) is 41.9 Å². The van der Waals surface area contributed by atoms with Crippen molar-refractivity contribution in [2.45, 2.75) is 6.42 Å². The van der Waals surface area contributed by atoms with E-state index in [1.807, 2.05) is 41.0 Å². The van der Waals surface area contributed by atoms with E-state index >= 15 is 0 Å². The van der Waals surface area contributed by atoms with E-state index < -0.39 is 0 Å². The number of benzene rings is 2. The first kappa shape index (κ1) is 13.2. The van der Waals surface area contributed by atoms with Crippen molar-refractivity contribution in [2.24, 2.45) is 4.99 Å². The number of hydrogen-bond acceptors (Lipinski definition) is 3. The molecule has 0 radical (unpaired) electrons. The fourth-order valence-electron chi connectivity index (χ4n) is 2.73. The van der Waals surface area contributed by atoms with Crippen LogP contribution in [0.4, 0.5) is 0 Å². The zero-order valence-corrected chi connectivity index (χ0v) is 12.5. The lowest BCUT2D eigenvalue weighted by Crippen LogP contribution is -2.15. The molecule has 0 aliphatic carbocycles. The van der Waals surface area contributed by atoms with Crippen LogP contribution in [0.2, 0.25) is 5.02 Å². The normalized spacial score (nSPS) is 13.6. The van der Waals surface area contributed by atoms with Gasteiger partial charge in [-0.25, -0.2) is 0 Å². The molecule has 0 amide bonds. The zero-order chi connectivity index (χ0) is 14.9. The lowest BCUT2D eigenvalue weighted by molar-refractivity contribution is 0.823. The van der Waals surface area contributed by atoms with Crippen molar-refractivity contribution < 1.29 is 0 Å². The molecular formula is C17H13ClN4. The first-order valence-electron chi connectivity index (χ1n) is 7.12. The predicted molar refractivity (Wildman–Crippen MR) is 87.0 cm³/mol. The Hall–Kier alpha value is -2.46. The third kappa shape index (κ3) is 2.22. The molecule has 2 heterocycles. The molecule has 0 atom stereocenters. The summed E-state index contributed by atoms with van der Waals surface area (Å²) in [5.74, 6) is 0.916. The Morgan fingerprint density at radius 1 is 1.05 bits per heavy atom. The standard InChI is InChI=1S/C17H13ClN4/c18-13-6-7-15-14(10-13)17(12-4-2-1-3-5-12)19-9-8-16-21-20-11-22(15)16/h1-7,10-11H,8-9H2. The number of halogens is 1. The van der Waals surface area contributed by atoms with Crippen LogP contribution in [0.1, 0.15) is 17.0 Å². The minimum atomic E-state index is 0.675. The lowest BCUT2D eigenvalue weighted by atomic mass is 9.99. The molecule has 0 unspecified atom stereocenters. The average molecular weight is 309 g/mol. The van der Waals surface area contributed by atoms with Gasteiger partial charge in [-0.15, -0.1) is 10.2 Å². The van der Waals surface area contributed by atoms with E-state index in [2.05, 4.69) is 22.3 Å². The van der Waals surface area contributed by atoms with Gasteiger partial charge in [0.2, 0.25) is 0 Å². The number of rotatable bonds is 1. The second-order valence-corrected chi connectivity index (χ2v) is 5.56. The summed E-state index contributed by atoms with van der Waals surface area (Å²) >= 11 is 6.23. The van der Waals surface area contributed by atoms with Gasteiger partial charge in [0.1, 0.15) is 12.2 Å². The molecule has 0 bridgehead atoms. The highest BCUT2D eigenvalue weighted by Gasteiger charge is 2.18. The van der Waals surface area contributed by atoms with Gasteiger partial charge >= 0.3 is 0 Å². The molecule has 4 rings (SSSR count).